The van der Waals surface area contributed by atoms with Crippen molar-refractivity contribution in [2.75, 3.05) is 7.11 Å². The summed E-state index contributed by atoms with van der Waals surface area (Å²) in [4.78, 5) is 0. The zero-order valence-electron chi connectivity index (χ0n) is 13.0. The van der Waals surface area contributed by atoms with E-state index in [-0.39, 0.29) is 23.7 Å². The summed E-state index contributed by atoms with van der Waals surface area (Å²) in [6.45, 7) is 0. The van der Waals surface area contributed by atoms with Crippen LogP contribution in [0.5, 0.6) is 17.2 Å². The van der Waals surface area contributed by atoms with Gasteiger partial charge in [0.2, 0.25) is 0 Å². The molecule has 1 aliphatic heterocycles. The quantitative estimate of drug-likeness (QED) is 0.887. The number of methoxy groups -OCH3 is 1. The number of ether oxygens (including phenoxy) is 2. The molecule has 0 amide bonds. The Labute approximate surface area is 135 Å². The number of benzene rings is 2. The van der Waals surface area contributed by atoms with Gasteiger partial charge in [-0.1, -0.05) is 12.1 Å². The average molecular weight is 312 g/mol. The molecule has 2 N–H and O–H groups in total. The standard InChI is InChI=1S/C19H20O4/c1-22-14-9-15-16-8-13(21)6-7-18(16)23-19(17(15)10-14)11-2-4-12(20)5-3-11/h2-8,14-15,17,19-21H,9-10H2,1H3/t14?,15-,17?,19?/m0/s1. The van der Waals surface area contributed by atoms with Crippen molar-refractivity contribution in [3.05, 3.63) is 53.6 Å². The lowest BCUT2D eigenvalue weighted by atomic mass is 9.80. The Hall–Kier alpha value is -2.20. The maximum Gasteiger partial charge on any atom is 0.127 e. The second-order valence-corrected chi connectivity index (χ2v) is 6.45. The van der Waals surface area contributed by atoms with E-state index < -0.39 is 0 Å². The minimum absolute atomic E-state index is 0.0576. The van der Waals surface area contributed by atoms with Crippen LogP contribution in [0.2, 0.25) is 0 Å². The van der Waals surface area contributed by atoms with Crippen molar-refractivity contribution in [2.45, 2.75) is 31.0 Å². The van der Waals surface area contributed by atoms with E-state index in [2.05, 4.69) is 0 Å². The third-order valence-corrected chi connectivity index (χ3v) is 5.16. The monoisotopic (exact) mass is 312 g/mol. The molecule has 0 aromatic heterocycles. The summed E-state index contributed by atoms with van der Waals surface area (Å²) >= 11 is 0. The van der Waals surface area contributed by atoms with Crippen molar-refractivity contribution in [1.82, 2.24) is 0 Å². The van der Waals surface area contributed by atoms with Crippen LogP contribution in [-0.2, 0) is 4.74 Å². The van der Waals surface area contributed by atoms with Crippen LogP contribution in [-0.4, -0.2) is 23.4 Å². The fourth-order valence-electron chi connectivity index (χ4n) is 4.04. The Kier molecular flexibility index (Phi) is 3.42. The molecule has 2 aromatic carbocycles. The first kappa shape index (κ1) is 14.4. The van der Waals surface area contributed by atoms with Gasteiger partial charge >= 0.3 is 0 Å². The molecule has 120 valence electrons. The molecule has 2 aromatic rings. The summed E-state index contributed by atoms with van der Waals surface area (Å²) in [5.41, 5.74) is 2.14. The Balaban J connectivity index is 1.76. The molecule has 0 bridgehead atoms. The summed E-state index contributed by atoms with van der Waals surface area (Å²) in [6.07, 6.45) is 2.02. The number of phenols is 2. The van der Waals surface area contributed by atoms with Crippen LogP contribution >= 0.6 is 0 Å². The first-order valence-corrected chi connectivity index (χ1v) is 7.97. The van der Waals surface area contributed by atoms with Gasteiger partial charge in [0.1, 0.15) is 23.4 Å². The van der Waals surface area contributed by atoms with Gasteiger partial charge in [-0.3, -0.25) is 0 Å². The van der Waals surface area contributed by atoms with Crippen molar-refractivity contribution in [3.63, 3.8) is 0 Å². The van der Waals surface area contributed by atoms with Crippen LogP contribution < -0.4 is 4.74 Å². The Morgan fingerprint density at radius 3 is 2.48 bits per heavy atom. The number of rotatable bonds is 2. The lowest BCUT2D eigenvalue weighted by Gasteiger charge is -2.36. The third kappa shape index (κ3) is 2.43. The van der Waals surface area contributed by atoms with Gasteiger partial charge in [0, 0.05) is 18.6 Å². The summed E-state index contributed by atoms with van der Waals surface area (Å²) < 4.78 is 11.9. The van der Waals surface area contributed by atoms with Gasteiger partial charge in [-0.15, -0.1) is 0 Å². The molecule has 2 aliphatic rings. The summed E-state index contributed by atoms with van der Waals surface area (Å²) in [5, 5.41) is 19.4. The van der Waals surface area contributed by atoms with Crippen molar-refractivity contribution in [3.8, 4) is 17.2 Å². The molecule has 23 heavy (non-hydrogen) atoms. The number of aromatic hydroxyl groups is 2. The van der Waals surface area contributed by atoms with Crippen LogP contribution in [0.15, 0.2) is 42.5 Å². The predicted molar refractivity (Wildman–Crippen MR) is 85.8 cm³/mol. The van der Waals surface area contributed by atoms with Crippen molar-refractivity contribution >= 4 is 0 Å². The molecule has 3 unspecified atom stereocenters. The summed E-state index contributed by atoms with van der Waals surface area (Å²) in [7, 11) is 1.75. The van der Waals surface area contributed by atoms with Crippen molar-refractivity contribution < 1.29 is 19.7 Å². The van der Waals surface area contributed by atoms with E-state index in [9.17, 15) is 10.2 Å². The van der Waals surface area contributed by atoms with Crippen LogP contribution in [0.4, 0.5) is 0 Å². The first-order chi connectivity index (χ1) is 11.2. The summed E-state index contributed by atoms with van der Waals surface area (Å²) in [6, 6.07) is 12.6. The molecule has 4 rings (SSSR count). The van der Waals surface area contributed by atoms with Gasteiger partial charge in [-0.25, -0.2) is 0 Å². The lowest BCUT2D eigenvalue weighted by molar-refractivity contribution is 0.0804. The van der Waals surface area contributed by atoms with Gasteiger partial charge < -0.3 is 19.7 Å². The fraction of sp³-hybridized carbons (Fsp3) is 0.368. The molecular weight excluding hydrogens is 292 g/mol. The van der Waals surface area contributed by atoms with Gasteiger partial charge in [0.15, 0.2) is 0 Å². The smallest absolute Gasteiger partial charge is 0.127 e. The van der Waals surface area contributed by atoms with E-state index in [1.807, 2.05) is 24.3 Å². The Morgan fingerprint density at radius 2 is 1.74 bits per heavy atom. The van der Waals surface area contributed by atoms with Gasteiger partial charge in [-0.05, 0) is 54.7 Å². The van der Waals surface area contributed by atoms with E-state index in [0.717, 1.165) is 29.7 Å². The SMILES string of the molecule is COC1CC2C(c3ccc(O)cc3)Oc3ccc(O)cc3[C@@H]2C1. The van der Waals surface area contributed by atoms with Crippen LogP contribution in [0, 0.1) is 5.92 Å². The predicted octanol–water partition coefficient (Wildman–Crippen LogP) is 3.74. The molecular formula is C19H20O4. The highest BCUT2D eigenvalue weighted by Gasteiger charge is 2.45. The molecule has 1 fully saturated rings. The maximum absolute atomic E-state index is 9.83. The Bertz CT molecular complexity index is 710. The highest BCUT2D eigenvalue weighted by molar-refractivity contribution is 5.46. The molecule has 0 radical (unpaired) electrons. The largest absolute Gasteiger partial charge is 0.508 e. The Morgan fingerprint density at radius 1 is 1.00 bits per heavy atom. The first-order valence-electron chi connectivity index (χ1n) is 7.97. The molecule has 4 heteroatoms. The lowest BCUT2D eigenvalue weighted by Crippen LogP contribution is -2.26. The molecule has 4 nitrogen and oxygen atoms in total. The van der Waals surface area contributed by atoms with E-state index in [4.69, 9.17) is 9.47 Å². The number of hydrogen-bond donors (Lipinski definition) is 2. The van der Waals surface area contributed by atoms with E-state index >= 15 is 0 Å². The molecule has 4 atom stereocenters. The average Bonchev–Trinajstić information content (AvgIpc) is 3.00. The molecule has 1 saturated carbocycles. The zero-order valence-corrected chi connectivity index (χ0v) is 13.0. The van der Waals surface area contributed by atoms with E-state index in [1.165, 1.54) is 0 Å². The second kappa shape index (κ2) is 5.46. The maximum atomic E-state index is 9.83. The third-order valence-electron chi connectivity index (χ3n) is 5.16. The van der Waals surface area contributed by atoms with E-state index in [1.54, 1.807) is 25.3 Å². The van der Waals surface area contributed by atoms with Crippen LogP contribution in [0.1, 0.15) is 36.0 Å². The minimum atomic E-state index is -0.0576. The number of hydrogen-bond acceptors (Lipinski definition) is 4. The normalized spacial score (nSPS) is 28.7. The van der Waals surface area contributed by atoms with Gasteiger partial charge in [0.25, 0.3) is 0 Å². The highest BCUT2D eigenvalue weighted by Crippen LogP contribution is 2.54. The highest BCUT2D eigenvalue weighted by atomic mass is 16.5. The van der Waals surface area contributed by atoms with Crippen molar-refractivity contribution in [2.24, 2.45) is 5.92 Å². The van der Waals surface area contributed by atoms with E-state index in [0.29, 0.717) is 11.8 Å². The fourth-order valence-corrected chi connectivity index (χ4v) is 4.04. The minimum Gasteiger partial charge on any atom is -0.508 e. The van der Waals surface area contributed by atoms with Gasteiger partial charge in [-0.2, -0.15) is 0 Å². The zero-order chi connectivity index (χ0) is 16.0. The molecule has 1 heterocycles. The van der Waals surface area contributed by atoms with Crippen LogP contribution in [0.3, 0.4) is 0 Å². The molecule has 0 saturated heterocycles. The molecule has 0 spiro atoms. The second-order valence-electron chi connectivity index (χ2n) is 6.45. The topological polar surface area (TPSA) is 58.9 Å². The number of phenolic OH excluding ortho intramolecular Hbond substituents is 2. The number of fused-ring (bicyclic) bond motifs is 3. The van der Waals surface area contributed by atoms with Crippen LogP contribution in [0.25, 0.3) is 0 Å². The van der Waals surface area contributed by atoms with Crippen molar-refractivity contribution in [1.29, 1.82) is 0 Å². The summed E-state index contributed by atoms with van der Waals surface area (Å²) in [5.74, 6) is 1.98. The van der Waals surface area contributed by atoms with Gasteiger partial charge in [0.05, 0.1) is 6.10 Å². The molecule has 1 aliphatic carbocycles.